The molecule has 8 nitrogen and oxygen atoms in total. The smallest absolute Gasteiger partial charge is 0.338 e. The maximum Gasteiger partial charge on any atom is 0.338 e. The summed E-state index contributed by atoms with van der Waals surface area (Å²) in [5, 5.41) is 14.3. The molecule has 8 heteroatoms. The number of hydrogen-bond donors (Lipinski definition) is 4. The van der Waals surface area contributed by atoms with E-state index in [1.54, 1.807) is 18.2 Å². The number of nitrogens with zero attached hydrogens (tertiary/aromatic N) is 1. The molecular formula is C24H21N5O3. The number of aryl methyl sites for hydroxylation is 1. The quantitative estimate of drug-likeness (QED) is 0.362. The summed E-state index contributed by atoms with van der Waals surface area (Å²) >= 11 is 0. The molecular weight excluding hydrogens is 406 g/mol. The van der Waals surface area contributed by atoms with Crippen LogP contribution in [0.25, 0.3) is 10.9 Å². The van der Waals surface area contributed by atoms with Crippen LogP contribution in [-0.4, -0.2) is 22.1 Å². The van der Waals surface area contributed by atoms with E-state index in [9.17, 15) is 9.59 Å². The fraction of sp³-hybridized carbons (Fsp3) is 0.125. The number of primary amides is 1. The molecule has 0 saturated heterocycles. The van der Waals surface area contributed by atoms with Gasteiger partial charge in [0.15, 0.2) is 0 Å². The Labute approximate surface area is 183 Å². The standard InChI is InChI=1S/C24H21N5O3/c1-14-6-8-15(9-7-14)13-32-22(30)16-10-11-19-20(12-16)27-24(26-19,23(25)31)21-17-4-2-3-5-18(17)28-29-21/h2-12,26-27H,13H2,1H3,(H2,25,31)(H,28,29). The van der Waals surface area contributed by atoms with Crippen LogP contribution in [0.4, 0.5) is 11.4 Å². The second kappa shape index (κ2) is 7.42. The number of hydrogen-bond acceptors (Lipinski definition) is 6. The zero-order valence-electron chi connectivity index (χ0n) is 17.3. The molecule has 5 N–H and O–H groups in total. The average Bonchev–Trinajstić information content (AvgIpc) is 3.40. The van der Waals surface area contributed by atoms with E-state index in [-0.39, 0.29) is 6.61 Å². The third-order valence-corrected chi connectivity index (χ3v) is 5.60. The average molecular weight is 427 g/mol. The summed E-state index contributed by atoms with van der Waals surface area (Å²) in [6, 6.07) is 20.2. The van der Waals surface area contributed by atoms with Gasteiger partial charge < -0.3 is 21.1 Å². The largest absolute Gasteiger partial charge is 0.457 e. The summed E-state index contributed by atoms with van der Waals surface area (Å²) in [4.78, 5) is 25.2. The molecule has 1 aliphatic rings. The van der Waals surface area contributed by atoms with Crippen LogP contribution in [0.5, 0.6) is 0 Å². The molecule has 2 heterocycles. The van der Waals surface area contributed by atoms with E-state index < -0.39 is 17.5 Å². The zero-order valence-corrected chi connectivity index (χ0v) is 17.3. The number of nitrogens with two attached hydrogens (primary N) is 1. The first-order chi connectivity index (χ1) is 15.5. The summed E-state index contributed by atoms with van der Waals surface area (Å²) < 4.78 is 5.45. The lowest BCUT2D eigenvalue weighted by molar-refractivity contribution is -0.121. The third-order valence-electron chi connectivity index (χ3n) is 5.60. The molecule has 3 aromatic carbocycles. The van der Waals surface area contributed by atoms with E-state index in [0.717, 1.165) is 16.5 Å². The number of fused-ring (bicyclic) bond motifs is 2. The van der Waals surface area contributed by atoms with E-state index in [0.29, 0.717) is 28.1 Å². The molecule has 0 spiro atoms. The van der Waals surface area contributed by atoms with Gasteiger partial charge >= 0.3 is 5.97 Å². The van der Waals surface area contributed by atoms with Crippen LogP contribution in [0.15, 0.2) is 66.7 Å². The maximum absolute atomic E-state index is 12.6. The van der Waals surface area contributed by atoms with Gasteiger partial charge in [-0.3, -0.25) is 9.89 Å². The Balaban J connectivity index is 1.41. The number of ether oxygens (including phenoxy) is 1. The van der Waals surface area contributed by atoms with Crippen molar-refractivity contribution in [2.24, 2.45) is 5.73 Å². The van der Waals surface area contributed by atoms with Crippen LogP contribution in [0.1, 0.15) is 27.2 Å². The number of aromatic nitrogens is 2. The Morgan fingerprint density at radius 3 is 2.53 bits per heavy atom. The van der Waals surface area contributed by atoms with Crippen LogP contribution in [0.2, 0.25) is 0 Å². The van der Waals surface area contributed by atoms with E-state index in [1.807, 2.05) is 55.5 Å². The van der Waals surface area contributed by atoms with Crippen molar-refractivity contribution < 1.29 is 14.3 Å². The van der Waals surface area contributed by atoms with Crippen molar-refractivity contribution in [3.63, 3.8) is 0 Å². The second-order valence-corrected chi connectivity index (χ2v) is 7.80. The number of carbonyl (C=O) groups excluding carboxylic acids is 2. The molecule has 0 aliphatic carbocycles. The highest BCUT2D eigenvalue weighted by Crippen LogP contribution is 2.41. The molecule has 1 aromatic heterocycles. The van der Waals surface area contributed by atoms with Crippen LogP contribution < -0.4 is 16.4 Å². The van der Waals surface area contributed by atoms with Crippen molar-refractivity contribution in [3.05, 3.63) is 89.1 Å². The minimum absolute atomic E-state index is 0.174. The lowest BCUT2D eigenvalue weighted by Gasteiger charge is -2.26. The molecule has 0 bridgehead atoms. The van der Waals surface area contributed by atoms with E-state index in [2.05, 4.69) is 20.8 Å². The predicted octanol–water partition coefficient (Wildman–Crippen LogP) is 3.40. The first-order valence-electron chi connectivity index (χ1n) is 10.1. The fourth-order valence-electron chi connectivity index (χ4n) is 3.85. The van der Waals surface area contributed by atoms with Crippen molar-refractivity contribution in [2.75, 3.05) is 10.6 Å². The van der Waals surface area contributed by atoms with Gasteiger partial charge in [-0.2, -0.15) is 5.10 Å². The Morgan fingerprint density at radius 1 is 1.00 bits per heavy atom. The lowest BCUT2D eigenvalue weighted by atomic mass is 10.0. The lowest BCUT2D eigenvalue weighted by Crippen LogP contribution is -2.51. The van der Waals surface area contributed by atoms with E-state index in [1.165, 1.54) is 0 Å². The van der Waals surface area contributed by atoms with Crippen LogP contribution in [-0.2, 0) is 21.8 Å². The van der Waals surface area contributed by atoms with Crippen molar-refractivity contribution in [2.45, 2.75) is 19.2 Å². The number of amides is 1. The molecule has 0 saturated carbocycles. The Bertz CT molecular complexity index is 1350. The molecule has 5 rings (SSSR count). The number of anilines is 2. The highest BCUT2D eigenvalue weighted by Gasteiger charge is 2.46. The Kier molecular flexibility index (Phi) is 4.55. The molecule has 1 aliphatic heterocycles. The Hall–Kier alpha value is -4.33. The van der Waals surface area contributed by atoms with Gasteiger partial charge in [0.1, 0.15) is 6.61 Å². The van der Waals surface area contributed by atoms with E-state index >= 15 is 0 Å². The molecule has 4 aromatic rings. The molecule has 1 atom stereocenters. The SMILES string of the molecule is Cc1ccc(COC(=O)c2ccc3c(c2)NC(C(N)=O)(c2[nH]nc4ccccc24)N3)cc1. The van der Waals surface area contributed by atoms with Crippen LogP contribution in [0.3, 0.4) is 0 Å². The minimum Gasteiger partial charge on any atom is -0.457 e. The van der Waals surface area contributed by atoms with Gasteiger partial charge in [0.2, 0.25) is 5.66 Å². The Morgan fingerprint density at radius 2 is 1.75 bits per heavy atom. The highest BCUT2D eigenvalue weighted by atomic mass is 16.5. The normalized spacial score (nSPS) is 16.8. The van der Waals surface area contributed by atoms with Gasteiger partial charge in [-0.15, -0.1) is 0 Å². The molecule has 160 valence electrons. The topological polar surface area (TPSA) is 122 Å². The number of nitrogens with one attached hydrogen (secondary N) is 3. The highest BCUT2D eigenvalue weighted by molar-refractivity contribution is 6.02. The summed E-state index contributed by atoms with van der Waals surface area (Å²) in [5.74, 6) is -1.09. The van der Waals surface area contributed by atoms with Gasteiger partial charge in [-0.05, 0) is 36.8 Å². The fourth-order valence-corrected chi connectivity index (χ4v) is 3.85. The van der Waals surface area contributed by atoms with Gasteiger partial charge in [0, 0.05) is 5.39 Å². The summed E-state index contributed by atoms with van der Waals surface area (Å²) in [6.45, 7) is 2.17. The number of esters is 1. The predicted molar refractivity (Wildman–Crippen MR) is 121 cm³/mol. The summed E-state index contributed by atoms with van der Waals surface area (Å²) in [6.07, 6.45) is 0. The molecule has 1 amide bonds. The third kappa shape index (κ3) is 3.22. The molecule has 0 radical (unpaired) electrons. The second-order valence-electron chi connectivity index (χ2n) is 7.80. The van der Waals surface area contributed by atoms with Gasteiger partial charge in [0.05, 0.1) is 28.1 Å². The first kappa shape index (κ1) is 19.6. The first-order valence-corrected chi connectivity index (χ1v) is 10.1. The maximum atomic E-state index is 12.6. The summed E-state index contributed by atoms with van der Waals surface area (Å²) in [5.41, 5.74) is 9.20. The van der Waals surface area contributed by atoms with Gasteiger partial charge in [-0.1, -0.05) is 48.0 Å². The number of rotatable bonds is 5. The van der Waals surface area contributed by atoms with Crippen molar-refractivity contribution >= 4 is 34.2 Å². The van der Waals surface area contributed by atoms with Crippen molar-refractivity contribution in [1.29, 1.82) is 0 Å². The number of carbonyl (C=O) groups is 2. The van der Waals surface area contributed by atoms with Crippen LogP contribution >= 0.6 is 0 Å². The van der Waals surface area contributed by atoms with Gasteiger partial charge in [-0.25, -0.2) is 4.79 Å². The molecule has 32 heavy (non-hydrogen) atoms. The molecule has 1 unspecified atom stereocenters. The number of para-hydroxylation sites is 1. The number of benzene rings is 3. The van der Waals surface area contributed by atoms with Gasteiger partial charge in [0.25, 0.3) is 5.91 Å². The van der Waals surface area contributed by atoms with E-state index in [4.69, 9.17) is 10.5 Å². The molecule has 0 fully saturated rings. The van der Waals surface area contributed by atoms with Crippen molar-refractivity contribution in [3.8, 4) is 0 Å². The number of H-pyrrole nitrogens is 1. The van der Waals surface area contributed by atoms with Crippen LogP contribution in [0, 0.1) is 6.92 Å². The van der Waals surface area contributed by atoms with Crippen molar-refractivity contribution in [1.82, 2.24) is 10.2 Å². The zero-order chi connectivity index (χ0) is 22.3. The minimum atomic E-state index is -1.43. The monoisotopic (exact) mass is 427 g/mol. The number of aromatic amines is 1. The summed E-state index contributed by atoms with van der Waals surface area (Å²) in [7, 11) is 0.